The zero-order valence-electron chi connectivity index (χ0n) is 12.1. The molecule has 9 nitrogen and oxygen atoms in total. The molecule has 21 heavy (non-hydrogen) atoms. The SMILES string of the molecule is CCCC[C@H](NC(=O)c1c([N+](=O)[O-])c(C)nn1C)C(=O)O. The number of carboxylic acid groups (broad SMARTS) is 1. The van der Waals surface area contributed by atoms with E-state index in [-0.39, 0.29) is 17.8 Å². The number of nitro groups is 1. The molecule has 1 rings (SSSR count). The van der Waals surface area contributed by atoms with Crippen molar-refractivity contribution in [2.45, 2.75) is 39.2 Å². The second-order valence-corrected chi connectivity index (χ2v) is 4.67. The minimum Gasteiger partial charge on any atom is -0.480 e. The molecule has 1 amide bonds. The molecule has 2 N–H and O–H groups in total. The lowest BCUT2D eigenvalue weighted by Crippen LogP contribution is -2.41. The maximum Gasteiger partial charge on any atom is 0.326 e. The molecule has 0 radical (unpaired) electrons. The highest BCUT2D eigenvalue weighted by Crippen LogP contribution is 2.22. The molecule has 0 aliphatic carbocycles. The number of nitrogens with one attached hydrogen (secondary N) is 1. The number of carboxylic acids is 1. The highest BCUT2D eigenvalue weighted by Gasteiger charge is 2.31. The minimum absolute atomic E-state index is 0.105. The molecule has 1 aromatic heterocycles. The van der Waals surface area contributed by atoms with Gasteiger partial charge < -0.3 is 10.4 Å². The van der Waals surface area contributed by atoms with Crippen LogP contribution < -0.4 is 5.32 Å². The molecule has 0 aliphatic rings. The Balaban J connectivity index is 3.03. The fourth-order valence-electron chi connectivity index (χ4n) is 2.01. The third-order valence-electron chi connectivity index (χ3n) is 3.04. The molecule has 0 bridgehead atoms. The number of nitrogens with zero attached hydrogens (tertiary/aromatic N) is 3. The summed E-state index contributed by atoms with van der Waals surface area (Å²) in [6, 6.07) is -1.08. The van der Waals surface area contributed by atoms with Gasteiger partial charge in [-0.2, -0.15) is 5.10 Å². The molecule has 0 aromatic carbocycles. The van der Waals surface area contributed by atoms with Crippen molar-refractivity contribution in [1.29, 1.82) is 0 Å². The van der Waals surface area contributed by atoms with E-state index in [1.807, 2.05) is 6.92 Å². The molecular formula is C12H18N4O5. The summed E-state index contributed by atoms with van der Waals surface area (Å²) in [6.45, 7) is 3.32. The van der Waals surface area contributed by atoms with Gasteiger partial charge in [0.15, 0.2) is 0 Å². The number of aryl methyl sites for hydroxylation is 2. The number of hydrogen-bond acceptors (Lipinski definition) is 5. The van der Waals surface area contributed by atoms with Gasteiger partial charge >= 0.3 is 11.7 Å². The van der Waals surface area contributed by atoms with Crippen molar-refractivity contribution in [2.24, 2.45) is 7.05 Å². The van der Waals surface area contributed by atoms with E-state index < -0.39 is 28.5 Å². The highest BCUT2D eigenvalue weighted by molar-refractivity contribution is 5.98. The van der Waals surface area contributed by atoms with Crippen LogP contribution in [-0.2, 0) is 11.8 Å². The molecule has 0 unspecified atom stereocenters. The van der Waals surface area contributed by atoms with Gasteiger partial charge in [0.2, 0.25) is 5.69 Å². The van der Waals surface area contributed by atoms with Crippen LogP contribution in [0.2, 0.25) is 0 Å². The molecule has 0 fully saturated rings. The van der Waals surface area contributed by atoms with E-state index in [2.05, 4.69) is 10.4 Å². The summed E-state index contributed by atoms with van der Waals surface area (Å²) in [6.07, 6.45) is 1.68. The smallest absolute Gasteiger partial charge is 0.326 e. The van der Waals surface area contributed by atoms with Gasteiger partial charge in [0, 0.05) is 7.05 Å². The number of unbranched alkanes of at least 4 members (excludes halogenated alkanes) is 1. The number of aromatic nitrogens is 2. The van der Waals surface area contributed by atoms with Gasteiger partial charge in [0.1, 0.15) is 11.7 Å². The lowest BCUT2D eigenvalue weighted by molar-refractivity contribution is -0.385. The largest absolute Gasteiger partial charge is 0.480 e. The summed E-state index contributed by atoms with van der Waals surface area (Å²) in [5.74, 6) is -1.98. The Labute approximate surface area is 121 Å². The number of carbonyl (C=O) groups is 2. The molecule has 1 heterocycles. The van der Waals surface area contributed by atoms with E-state index in [1.165, 1.54) is 14.0 Å². The lowest BCUT2D eigenvalue weighted by Gasteiger charge is -2.13. The maximum atomic E-state index is 12.1. The van der Waals surface area contributed by atoms with Gasteiger partial charge in [0.25, 0.3) is 5.91 Å². The molecule has 9 heteroatoms. The standard InChI is InChI=1S/C12H18N4O5/c1-4-5-6-8(12(18)19)13-11(17)10-9(16(20)21)7(2)14-15(10)3/h8H,4-6H2,1-3H3,(H,13,17)(H,18,19)/t8-/m0/s1. The Hall–Kier alpha value is -2.45. The number of aliphatic carboxylic acids is 1. The second kappa shape index (κ2) is 6.82. The molecule has 1 aromatic rings. The highest BCUT2D eigenvalue weighted by atomic mass is 16.6. The van der Waals surface area contributed by atoms with Crippen LogP contribution in [0.3, 0.4) is 0 Å². The van der Waals surface area contributed by atoms with Gasteiger partial charge in [-0.1, -0.05) is 19.8 Å². The summed E-state index contributed by atoms with van der Waals surface area (Å²) >= 11 is 0. The van der Waals surface area contributed by atoms with Crippen LogP contribution in [0.25, 0.3) is 0 Å². The van der Waals surface area contributed by atoms with Crippen molar-refractivity contribution in [1.82, 2.24) is 15.1 Å². The second-order valence-electron chi connectivity index (χ2n) is 4.67. The Kier molecular flexibility index (Phi) is 5.39. The number of rotatable bonds is 7. The maximum absolute atomic E-state index is 12.1. The molecule has 0 spiro atoms. The zero-order valence-corrected chi connectivity index (χ0v) is 12.1. The van der Waals surface area contributed by atoms with Gasteiger partial charge in [0.05, 0.1) is 4.92 Å². The first kappa shape index (κ1) is 16.6. The van der Waals surface area contributed by atoms with Crippen molar-refractivity contribution in [3.05, 3.63) is 21.5 Å². The van der Waals surface area contributed by atoms with Gasteiger partial charge in [-0.25, -0.2) is 4.79 Å². The topological polar surface area (TPSA) is 127 Å². The van der Waals surface area contributed by atoms with Crippen LogP contribution in [0.5, 0.6) is 0 Å². The molecule has 1 atom stereocenters. The summed E-state index contributed by atoms with van der Waals surface area (Å²) in [5, 5.41) is 26.2. The fourth-order valence-corrected chi connectivity index (χ4v) is 2.01. The average Bonchev–Trinajstić information content (AvgIpc) is 2.68. The fraction of sp³-hybridized carbons (Fsp3) is 0.583. The van der Waals surface area contributed by atoms with Gasteiger partial charge in [-0.05, 0) is 13.3 Å². The molecule has 116 valence electrons. The first-order valence-electron chi connectivity index (χ1n) is 6.51. The van der Waals surface area contributed by atoms with Crippen LogP contribution in [0.15, 0.2) is 0 Å². The van der Waals surface area contributed by atoms with Crippen LogP contribution in [0.4, 0.5) is 5.69 Å². The summed E-state index contributed by atoms with van der Waals surface area (Å²) in [5.41, 5.74) is -0.553. The predicted octanol–water partition coefficient (Wildman–Crippen LogP) is 1.01. The van der Waals surface area contributed by atoms with Crippen LogP contribution in [-0.4, -0.2) is 37.7 Å². The van der Waals surface area contributed by atoms with E-state index in [0.717, 1.165) is 11.1 Å². The Bertz CT molecular complexity index is 566. The molecule has 0 saturated heterocycles. The van der Waals surface area contributed by atoms with E-state index in [1.54, 1.807) is 0 Å². The average molecular weight is 298 g/mol. The summed E-state index contributed by atoms with van der Waals surface area (Å²) < 4.78 is 1.08. The van der Waals surface area contributed by atoms with Crippen LogP contribution in [0, 0.1) is 17.0 Å². The summed E-state index contributed by atoms with van der Waals surface area (Å²) in [7, 11) is 1.40. The number of hydrogen-bond donors (Lipinski definition) is 2. The zero-order chi connectivity index (χ0) is 16.2. The predicted molar refractivity (Wildman–Crippen MR) is 73.0 cm³/mol. The number of amides is 1. The van der Waals surface area contributed by atoms with Crippen molar-refractivity contribution >= 4 is 17.6 Å². The van der Waals surface area contributed by atoms with E-state index in [0.29, 0.717) is 6.42 Å². The van der Waals surface area contributed by atoms with Crippen molar-refractivity contribution in [3.63, 3.8) is 0 Å². The van der Waals surface area contributed by atoms with Crippen LogP contribution >= 0.6 is 0 Å². The monoisotopic (exact) mass is 298 g/mol. The van der Waals surface area contributed by atoms with E-state index in [9.17, 15) is 19.7 Å². The first-order chi connectivity index (χ1) is 9.79. The molecular weight excluding hydrogens is 280 g/mol. The van der Waals surface area contributed by atoms with Crippen LogP contribution in [0.1, 0.15) is 42.4 Å². The molecule has 0 aliphatic heterocycles. The third kappa shape index (κ3) is 3.77. The normalized spacial score (nSPS) is 12.0. The molecule has 0 saturated carbocycles. The minimum atomic E-state index is -1.17. The Morgan fingerprint density at radius 3 is 2.62 bits per heavy atom. The third-order valence-corrected chi connectivity index (χ3v) is 3.04. The number of carbonyl (C=O) groups excluding carboxylic acids is 1. The van der Waals surface area contributed by atoms with E-state index >= 15 is 0 Å². The lowest BCUT2D eigenvalue weighted by atomic mass is 10.1. The van der Waals surface area contributed by atoms with Crippen molar-refractivity contribution in [2.75, 3.05) is 0 Å². The van der Waals surface area contributed by atoms with Gasteiger partial charge in [-0.3, -0.25) is 19.6 Å². The Morgan fingerprint density at radius 2 is 2.14 bits per heavy atom. The van der Waals surface area contributed by atoms with Crippen molar-refractivity contribution in [3.8, 4) is 0 Å². The van der Waals surface area contributed by atoms with Crippen molar-refractivity contribution < 1.29 is 19.6 Å². The summed E-state index contributed by atoms with van der Waals surface area (Å²) in [4.78, 5) is 33.6. The van der Waals surface area contributed by atoms with Gasteiger partial charge in [-0.15, -0.1) is 0 Å². The quantitative estimate of drug-likeness (QED) is 0.571. The van der Waals surface area contributed by atoms with E-state index in [4.69, 9.17) is 5.11 Å². The first-order valence-corrected chi connectivity index (χ1v) is 6.51. The Morgan fingerprint density at radius 1 is 1.52 bits per heavy atom.